The Bertz CT molecular complexity index is 866. The van der Waals surface area contributed by atoms with Crippen molar-refractivity contribution in [3.8, 4) is 0 Å². The number of rotatable bonds is 38. The number of unbranched alkanes of at least 4 members (excludes halogenated alkanes) is 26. The highest BCUT2D eigenvalue weighted by Crippen LogP contribution is 2.23. The van der Waals surface area contributed by atoms with Crippen LogP contribution >= 0.6 is 0 Å². The maximum Gasteiger partial charge on any atom is 0.249 e. The molecule has 1 heterocycles. The Morgan fingerprint density at radius 3 is 1.35 bits per heavy atom. The van der Waals surface area contributed by atoms with Crippen molar-refractivity contribution in [2.24, 2.45) is 0 Å². The zero-order chi connectivity index (χ0) is 40.5. The van der Waals surface area contributed by atoms with Crippen LogP contribution in [-0.4, -0.2) is 110 Å². The topological polar surface area (TPSA) is 189 Å². The van der Waals surface area contributed by atoms with Crippen molar-refractivity contribution in [2.45, 2.75) is 262 Å². The van der Waals surface area contributed by atoms with Crippen LogP contribution in [0, 0.1) is 0 Å². The molecule has 0 saturated carbocycles. The van der Waals surface area contributed by atoms with Crippen molar-refractivity contribution in [1.29, 1.82) is 0 Å². The Labute approximate surface area is 335 Å². The van der Waals surface area contributed by atoms with Gasteiger partial charge in [-0.25, -0.2) is 0 Å². The molecular weight excluding hydrogens is 702 g/mol. The molecule has 1 saturated heterocycles. The summed E-state index contributed by atoms with van der Waals surface area (Å²) in [6.07, 6.45) is 23.0. The summed E-state index contributed by atoms with van der Waals surface area (Å²) in [7, 11) is 0. The van der Waals surface area contributed by atoms with Crippen LogP contribution in [0.3, 0.4) is 0 Å². The second-order valence-electron chi connectivity index (χ2n) is 16.5. The number of aliphatic hydroxyl groups excluding tert-OH is 7. The minimum atomic E-state index is -1.65. The summed E-state index contributed by atoms with van der Waals surface area (Å²) >= 11 is 0. The quantitative estimate of drug-likeness (QED) is 0.0300. The van der Waals surface area contributed by atoms with E-state index in [2.05, 4.69) is 19.2 Å². The van der Waals surface area contributed by atoms with Gasteiger partial charge in [-0.1, -0.05) is 194 Å². The van der Waals surface area contributed by atoms with Crippen LogP contribution < -0.4 is 5.32 Å². The lowest BCUT2D eigenvalue weighted by Crippen LogP contribution is -2.60. The maximum atomic E-state index is 13.1. The molecule has 0 unspecified atom stereocenters. The van der Waals surface area contributed by atoms with Crippen LogP contribution in [0.5, 0.6) is 0 Å². The number of ether oxygens (including phenoxy) is 2. The predicted molar refractivity (Wildman–Crippen MR) is 220 cm³/mol. The van der Waals surface area contributed by atoms with Gasteiger partial charge in [0.05, 0.1) is 25.4 Å². The van der Waals surface area contributed by atoms with E-state index in [0.717, 1.165) is 38.5 Å². The molecule has 0 aromatic heterocycles. The van der Waals surface area contributed by atoms with Crippen LogP contribution in [0.4, 0.5) is 0 Å². The van der Waals surface area contributed by atoms with Crippen molar-refractivity contribution in [3.63, 3.8) is 0 Å². The molecule has 0 radical (unpaired) electrons. The largest absolute Gasteiger partial charge is 0.394 e. The third-order valence-corrected chi connectivity index (χ3v) is 11.4. The third-order valence-electron chi connectivity index (χ3n) is 11.4. The number of amides is 1. The van der Waals surface area contributed by atoms with Crippen LogP contribution in [0.25, 0.3) is 0 Å². The van der Waals surface area contributed by atoms with Crippen molar-refractivity contribution in [3.05, 3.63) is 0 Å². The van der Waals surface area contributed by atoms with Gasteiger partial charge < -0.3 is 50.5 Å². The van der Waals surface area contributed by atoms with E-state index in [0.29, 0.717) is 19.3 Å². The highest BCUT2D eigenvalue weighted by molar-refractivity contribution is 5.80. The fourth-order valence-electron chi connectivity index (χ4n) is 7.56. The van der Waals surface area contributed by atoms with E-state index in [1.807, 2.05) is 0 Å². The van der Waals surface area contributed by atoms with Gasteiger partial charge in [0.25, 0.3) is 0 Å². The minimum absolute atomic E-state index is 0.266. The number of hydrogen-bond donors (Lipinski definition) is 8. The smallest absolute Gasteiger partial charge is 0.249 e. The molecule has 328 valence electrons. The molecule has 8 N–H and O–H groups in total. The van der Waals surface area contributed by atoms with Crippen LogP contribution in [0.2, 0.25) is 0 Å². The lowest BCUT2D eigenvalue weighted by atomic mass is 9.98. The molecule has 9 atom stereocenters. The summed E-state index contributed by atoms with van der Waals surface area (Å²) in [5, 5.41) is 75.5. The maximum absolute atomic E-state index is 13.1. The molecule has 1 aliphatic heterocycles. The van der Waals surface area contributed by atoms with Gasteiger partial charge in [0.1, 0.15) is 36.6 Å². The molecule has 0 aromatic rings. The van der Waals surface area contributed by atoms with E-state index < -0.39 is 74.2 Å². The summed E-state index contributed by atoms with van der Waals surface area (Å²) in [4.78, 5) is 13.1. The Kier molecular flexibility index (Phi) is 33.3. The number of aliphatic hydroxyl groups is 7. The molecule has 0 spiro atoms. The zero-order valence-corrected chi connectivity index (χ0v) is 35.2. The van der Waals surface area contributed by atoms with Crippen molar-refractivity contribution in [2.75, 3.05) is 13.2 Å². The minimum Gasteiger partial charge on any atom is -0.394 e. The molecule has 0 aromatic carbocycles. The van der Waals surface area contributed by atoms with E-state index >= 15 is 0 Å². The van der Waals surface area contributed by atoms with E-state index in [1.54, 1.807) is 0 Å². The van der Waals surface area contributed by atoms with Gasteiger partial charge in [-0.15, -0.1) is 0 Å². The average Bonchev–Trinajstić information content (AvgIpc) is 3.18. The first kappa shape index (κ1) is 52.1. The highest BCUT2D eigenvalue weighted by Gasteiger charge is 2.44. The summed E-state index contributed by atoms with van der Waals surface area (Å²) in [5.74, 6) is -0.695. The molecule has 11 heteroatoms. The lowest BCUT2D eigenvalue weighted by Gasteiger charge is -2.40. The number of carbonyl (C=O) groups excluding carboxylic acids is 1. The van der Waals surface area contributed by atoms with Crippen molar-refractivity contribution >= 4 is 5.91 Å². The fraction of sp³-hybridized carbons (Fsp3) is 0.977. The molecule has 0 bridgehead atoms. The summed E-state index contributed by atoms with van der Waals surface area (Å²) in [6.45, 7) is 3.42. The molecule has 1 rings (SSSR count). The van der Waals surface area contributed by atoms with E-state index in [1.165, 1.54) is 128 Å². The Balaban J connectivity index is 2.41. The van der Waals surface area contributed by atoms with Crippen molar-refractivity contribution in [1.82, 2.24) is 5.32 Å². The third kappa shape index (κ3) is 25.3. The summed E-state index contributed by atoms with van der Waals surface area (Å²) in [6, 6.07) is -1.16. The average molecular weight is 790 g/mol. The monoisotopic (exact) mass is 790 g/mol. The highest BCUT2D eigenvalue weighted by atomic mass is 16.7. The van der Waals surface area contributed by atoms with Gasteiger partial charge in [0.2, 0.25) is 5.91 Å². The second-order valence-corrected chi connectivity index (χ2v) is 16.5. The van der Waals surface area contributed by atoms with Gasteiger partial charge in [0.15, 0.2) is 6.29 Å². The second kappa shape index (κ2) is 35.1. The first-order valence-electron chi connectivity index (χ1n) is 22.9. The van der Waals surface area contributed by atoms with Gasteiger partial charge >= 0.3 is 0 Å². The first-order chi connectivity index (χ1) is 26.7. The number of nitrogens with one attached hydrogen (secondary N) is 1. The molecule has 1 fully saturated rings. The first-order valence-corrected chi connectivity index (χ1v) is 22.9. The zero-order valence-electron chi connectivity index (χ0n) is 35.2. The Morgan fingerprint density at radius 1 is 0.564 bits per heavy atom. The predicted octanol–water partition coefficient (Wildman–Crippen LogP) is 7.11. The van der Waals surface area contributed by atoms with E-state index in [9.17, 15) is 40.5 Å². The molecule has 0 aliphatic carbocycles. The molecule has 1 aliphatic rings. The molecule has 11 nitrogen and oxygen atoms in total. The molecule has 55 heavy (non-hydrogen) atoms. The van der Waals surface area contributed by atoms with Crippen molar-refractivity contribution < 1.29 is 50.0 Å². The summed E-state index contributed by atoms with van der Waals surface area (Å²) < 4.78 is 11.1. The molecule has 1 amide bonds. The normalized spacial score (nSPS) is 22.4. The standard InChI is InChI=1S/C44H87NO10/c1-3-5-7-9-11-13-15-16-17-18-19-20-21-22-24-26-28-30-32-37(48)43(53)45-35(34-54-44-42(52)41(51)40(50)38(33-46)55-44)39(49)36(47)31-29-27-25-23-14-12-10-8-6-4-2/h35-42,44,46-52H,3-34H2,1-2H3,(H,45,53)/t35-,36+,37+,38+,39-,40+,41-,42+,44+/m0/s1. The van der Waals surface area contributed by atoms with Gasteiger partial charge in [-0.3, -0.25) is 4.79 Å². The van der Waals surface area contributed by atoms with Crippen LogP contribution in [0.1, 0.15) is 206 Å². The van der Waals surface area contributed by atoms with E-state index in [4.69, 9.17) is 9.47 Å². The van der Waals surface area contributed by atoms with Gasteiger partial charge in [-0.05, 0) is 12.8 Å². The Hall–Kier alpha value is -0.890. The molecular formula is C44H87NO10. The fourth-order valence-corrected chi connectivity index (χ4v) is 7.56. The van der Waals surface area contributed by atoms with Gasteiger partial charge in [-0.2, -0.15) is 0 Å². The Morgan fingerprint density at radius 2 is 0.945 bits per heavy atom. The SMILES string of the molecule is CCCCCCCCCCCCCCCCCCCC[C@@H](O)C(=O)N[C@@H](CO[C@@H]1O[C@H](CO)[C@@H](O)[C@H](O)[C@H]1O)[C@H](O)[C@H](O)CCCCCCCCCCCC. The van der Waals surface area contributed by atoms with Gasteiger partial charge in [0, 0.05) is 0 Å². The van der Waals surface area contributed by atoms with Crippen LogP contribution in [0.15, 0.2) is 0 Å². The lowest BCUT2D eigenvalue weighted by molar-refractivity contribution is -0.303. The number of carbonyl (C=O) groups is 1. The summed E-state index contributed by atoms with van der Waals surface area (Å²) in [5.41, 5.74) is 0. The van der Waals surface area contributed by atoms with Crippen LogP contribution in [-0.2, 0) is 14.3 Å². The number of hydrogen-bond acceptors (Lipinski definition) is 10. The van der Waals surface area contributed by atoms with E-state index in [-0.39, 0.29) is 6.42 Å².